The van der Waals surface area contributed by atoms with Crippen LogP contribution in [0.3, 0.4) is 0 Å². The van der Waals surface area contributed by atoms with Gasteiger partial charge in [-0.25, -0.2) is 4.98 Å². The minimum atomic E-state index is -0.101. The lowest BCUT2D eigenvalue weighted by molar-refractivity contribution is -0.885. The van der Waals surface area contributed by atoms with Gasteiger partial charge in [0.2, 0.25) is 0 Å². The van der Waals surface area contributed by atoms with E-state index in [1.807, 2.05) is 31.3 Å². The molecule has 0 aliphatic heterocycles. The molecule has 0 spiro atoms. The Labute approximate surface area is 133 Å². The first-order chi connectivity index (χ1) is 10.0. The van der Waals surface area contributed by atoms with E-state index in [2.05, 4.69) is 10.3 Å². The molecule has 2 rings (SSSR count). The summed E-state index contributed by atoms with van der Waals surface area (Å²) < 4.78 is 0. The van der Waals surface area contributed by atoms with E-state index in [9.17, 15) is 4.79 Å². The molecule has 0 radical (unpaired) electrons. The largest absolute Gasteiger partial charge is 0.326 e. The van der Waals surface area contributed by atoms with Crippen LogP contribution in [0.4, 0.5) is 5.69 Å². The summed E-state index contributed by atoms with van der Waals surface area (Å²) in [6.07, 6.45) is 1.58. The second kappa shape index (κ2) is 7.41. The lowest BCUT2D eigenvalue weighted by Gasteiger charge is -2.14. The number of nitrogens with zero attached hydrogens (tertiary/aromatic N) is 1. The molecule has 1 atom stereocenters. The number of quaternary nitrogens is 1. The molecule has 1 unspecified atom stereocenters. The lowest BCUT2D eigenvalue weighted by Crippen LogP contribution is -3.08. The van der Waals surface area contributed by atoms with E-state index in [0.29, 0.717) is 22.4 Å². The van der Waals surface area contributed by atoms with Crippen LogP contribution in [0.1, 0.15) is 5.56 Å². The molecule has 1 aromatic heterocycles. The van der Waals surface area contributed by atoms with Gasteiger partial charge in [-0.1, -0.05) is 35.3 Å². The van der Waals surface area contributed by atoms with E-state index in [1.165, 1.54) is 0 Å². The van der Waals surface area contributed by atoms with E-state index in [-0.39, 0.29) is 5.91 Å². The Morgan fingerprint density at radius 3 is 2.62 bits per heavy atom. The van der Waals surface area contributed by atoms with Crippen LogP contribution in [-0.2, 0) is 11.3 Å². The van der Waals surface area contributed by atoms with Crippen LogP contribution < -0.4 is 10.2 Å². The molecule has 0 saturated heterocycles. The van der Waals surface area contributed by atoms with Crippen molar-refractivity contribution >= 4 is 34.8 Å². The van der Waals surface area contributed by atoms with Gasteiger partial charge in [-0.2, -0.15) is 0 Å². The second-order valence-electron chi connectivity index (χ2n) is 4.83. The number of aromatic nitrogens is 1. The zero-order valence-corrected chi connectivity index (χ0v) is 13.1. The van der Waals surface area contributed by atoms with Gasteiger partial charge < -0.3 is 10.2 Å². The Kier molecular flexibility index (Phi) is 5.56. The fourth-order valence-corrected chi connectivity index (χ4v) is 2.25. The van der Waals surface area contributed by atoms with Crippen LogP contribution in [-0.4, -0.2) is 24.5 Å². The van der Waals surface area contributed by atoms with Crippen LogP contribution in [0, 0.1) is 0 Å². The van der Waals surface area contributed by atoms with Gasteiger partial charge >= 0.3 is 0 Å². The second-order valence-corrected chi connectivity index (χ2v) is 5.62. The predicted octanol–water partition coefficient (Wildman–Crippen LogP) is 2.04. The van der Waals surface area contributed by atoms with Crippen molar-refractivity contribution in [3.63, 3.8) is 0 Å². The summed E-state index contributed by atoms with van der Waals surface area (Å²) in [5.41, 5.74) is 1.66. The molecule has 110 valence electrons. The van der Waals surface area contributed by atoms with Crippen LogP contribution in [0.2, 0.25) is 10.2 Å². The summed E-state index contributed by atoms with van der Waals surface area (Å²) in [7, 11) is 1.96. The topological polar surface area (TPSA) is 46.4 Å². The first kappa shape index (κ1) is 15.8. The molecule has 21 heavy (non-hydrogen) atoms. The van der Waals surface area contributed by atoms with Gasteiger partial charge in [-0.3, -0.25) is 4.79 Å². The van der Waals surface area contributed by atoms with Crippen LogP contribution in [0.15, 0.2) is 42.6 Å². The smallest absolute Gasteiger partial charge is 0.279 e. The molecule has 0 aliphatic rings. The number of nitrogens with one attached hydrogen (secondary N) is 2. The van der Waals surface area contributed by atoms with Crippen molar-refractivity contribution in [1.29, 1.82) is 0 Å². The molecule has 0 fully saturated rings. The fourth-order valence-electron chi connectivity index (χ4n) is 1.96. The van der Waals surface area contributed by atoms with Crippen LogP contribution in [0.25, 0.3) is 0 Å². The Balaban J connectivity index is 1.87. The number of pyridine rings is 1. The lowest BCUT2D eigenvalue weighted by atomic mass is 10.2. The van der Waals surface area contributed by atoms with E-state index in [1.54, 1.807) is 18.3 Å². The molecule has 0 saturated carbocycles. The maximum Gasteiger partial charge on any atom is 0.279 e. The highest BCUT2D eigenvalue weighted by atomic mass is 35.5. The fraction of sp³-hybridized carbons (Fsp3) is 0.200. The summed E-state index contributed by atoms with van der Waals surface area (Å²) in [6.45, 7) is 1.08. The number of carbonyl (C=O) groups is 1. The van der Waals surface area contributed by atoms with Crippen molar-refractivity contribution in [2.45, 2.75) is 6.54 Å². The SMILES string of the molecule is C[NH+](CC(=O)Nc1cccnc1Cl)Cc1ccc(Cl)cc1. The predicted molar refractivity (Wildman–Crippen MR) is 84.8 cm³/mol. The average molecular weight is 325 g/mol. The quantitative estimate of drug-likeness (QED) is 0.827. The van der Waals surface area contributed by atoms with Gasteiger partial charge in [-0.15, -0.1) is 0 Å². The normalized spacial score (nSPS) is 12.0. The number of benzene rings is 1. The van der Waals surface area contributed by atoms with E-state index >= 15 is 0 Å². The number of rotatable bonds is 5. The minimum Gasteiger partial charge on any atom is -0.326 e. The maximum atomic E-state index is 12.0. The van der Waals surface area contributed by atoms with Gasteiger partial charge in [0, 0.05) is 16.8 Å². The van der Waals surface area contributed by atoms with Crippen molar-refractivity contribution in [3.05, 3.63) is 58.3 Å². The number of halogens is 2. The van der Waals surface area contributed by atoms with Gasteiger partial charge in [0.15, 0.2) is 11.7 Å². The van der Waals surface area contributed by atoms with E-state index < -0.39 is 0 Å². The Morgan fingerprint density at radius 1 is 1.24 bits per heavy atom. The zero-order valence-electron chi connectivity index (χ0n) is 11.6. The molecule has 1 heterocycles. The van der Waals surface area contributed by atoms with Gasteiger partial charge in [0.1, 0.15) is 6.54 Å². The van der Waals surface area contributed by atoms with E-state index in [0.717, 1.165) is 17.0 Å². The van der Waals surface area contributed by atoms with Gasteiger partial charge in [-0.05, 0) is 24.3 Å². The highest BCUT2D eigenvalue weighted by molar-refractivity contribution is 6.32. The summed E-state index contributed by atoms with van der Waals surface area (Å²) >= 11 is 11.8. The number of likely N-dealkylation sites (N-methyl/N-ethyl adjacent to an activating group) is 1. The average Bonchev–Trinajstić information content (AvgIpc) is 2.44. The van der Waals surface area contributed by atoms with E-state index in [4.69, 9.17) is 23.2 Å². The minimum absolute atomic E-state index is 0.101. The molecule has 4 nitrogen and oxygen atoms in total. The maximum absolute atomic E-state index is 12.0. The molecule has 0 bridgehead atoms. The molecular formula is C15H16Cl2N3O+. The summed E-state index contributed by atoms with van der Waals surface area (Å²) in [5.74, 6) is -0.101. The Morgan fingerprint density at radius 2 is 1.95 bits per heavy atom. The van der Waals surface area contributed by atoms with Gasteiger partial charge in [0.25, 0.3) is 5.91 Å². The number of anilines is 1. The molecule has 1 amide bonds. The Bertz CT molecular complexity index is 617. The van der Waals surface area contributed by atoms with Crippen molar-refractivity contribution < 1.29 is 9.69 Å². The van der Waals surface area contributed by atoms with Crippen LogP contribution in [0.5, 0.6) is 0 Å². The molecule has 2 N–H and O–H groups in total. The van der Waals surface area contributed by atoms with Crippen molar-refractivity contribution in [3.8, 4) is 0 Å². The highest BCUT2D eigenvalue weighted by Crippen LogP contribution is 2.16. The number of carbonyl (C=O) groups excluding carboxylic acids is 1. The molecule has 2 aromatic rings. The molecule has 1 aromatic carbocycles. The standard InChI is InChI=1S/C15H15Cl2N3O/c1-20(9-11-4-6-12(16)7-5-11)10-14(21)19-13-3-2-8-18-15(13)17/h2-8H,9-10H2,1H3,(H,19,21)/p+1. The zero-order chi connectivity index (χ0) is 15.2. The highest BCUT2D eigenvalue weighted by Gasteiger charge is 2.12. The van der Waals surface area contributed by atoms with Crippen molar-refractivity contribution in [2.75, 3.05) is 18.9 Å². The summed E-state index contributed by atoms with van der Waals surface area (Å²) in [5, 5.41) is 3.76. The third-order valence-electron chi connectivity index (χ3n) is 2.91. The monoisotopic (exact) mass is 324 g/mol. The third-order valence-corrected chi connectivity index (χ3v) is 3.47. The number of amides is 1. The molecular weight excluding hydrogens is 309 g/mol. The van der Waals surface area contributed by atoms with Crippen LogP contribution >= 0.6 is 23.2 Å². The van der Waals surface area contributed by atoms with Crippen molar-refractivity contribution in [1.82, 2.24) is 4.98 Å². The first-order valence-corrected chi connectivity index (χ1v) is 7.26. The first-order valence-electron chi connectivity index (χ1n) is 6.50. The summed E-state index contributed by atoms with van der Waals surface area (Å²) in [4.78, 5) is 17.0. The number of hydrogen-bond acceptors (Lipinski definition) is 2. The third kappa shape index (κ3) is 5.01. The summed E-state index contributed by atoms with van der Waals surface area (Å²) in [6, 6.07) is 11.1. The molecule has 0 aliphatic carbocycles. The van der Waals surface area contributed by atoms with Crippen molar-refractivity contribution in [2.24, 2.45) is 0 Å². The number of hydrogen-bond donors (Lipinski definition) is 2. The Hall–Kier alpha value is -1.62. The van der Waals surface area contributed by atoms with Gasteiger partial charge in [0.05, 0.1) is 12.7 Å². The molecule has 6 heteroatoms.